The summed E-state index contributed by atoms with van der Waals surface area (Å²) < 4.78 is 41.8. The van der Waals surface area contributed by atoms with Crippen molar-refractivity contribution in [2.75, 3.05) is 23.9 Å². The summed E-state index contributed by atoms with van der Waals surface area (Å²) in [7, 11) is -3.01. The van der Waals surface area contributed by atoms with Crippen LogP contribution in [0.2, 0.25) is 5.02 Å². The van der Waals surface area contributed by atoms with Crippen molar-refractivity contribution >= 4 is 43.8 Å². The number of furan rings is 1. The van der Waals surface area contributed by atoms with Crippen molar-refractivity contribution in [3.8, 4) is 11.3 Å². The zero-order valence-corrected chi connectivity index (χ0v) is 18.7. The van der Waals surface area contributed by atoms with Gasteiger partial charge in [0.25, 0.3) is 0 Å². The van der Waals surface area contributed by atoms with Crippen molar-refractivity contribution in [2.24, 2.45) is 0 Å². The predicted molar refractivity (Wildman–Crippen MR) is 123 cm³/mol. The van der Waals surface area contributed by atoms with Crippen LogP contribution in [0.3, 0.4) is 0 Å². The van der Waals surface area contributed by atoms with Crippen molar-refractivity contribution in [3.05, 3.63) is 71.5 Å². The van der Waals surface area contributed by atoms with E-state index in [9.17, 15) is 12.8 Å². The van der Waals surface area contributed by atoms with Gasteiger partial charge in [-0.05, 0) is 48.5 Å². The number of hydrogen-bond acceptors (Lipinski definition) is 7. The van der Waals surface area contributed by atoms with Gasteiger partial charge < -0.3 is 15.1 Å². The second-order valence-corrected chi connectivity index (χ2v) is 9.95. The fourth-order valence-corrected chi connectivity index (χ4v) is 3.81. The Balaban J connectivity index is 1.55. The first-order valence-corrected chi connectivity index (χ1v) is 12.2. The Hall–Kier alpha value is -3.01. The van der Waals surface area contributed by atoms with Gasteiger partial charge in [0.15, 0.2) is 0 Å². The quantitative estimate of drug-likeness (QED) is 0.361. The molecule has 4 rings (SSSR count). The summed E-state index contributed by atoms with van der Waals surface area (Å²) in [6.45, 7) is 0.773. The standard InChI is InChI=1S/C22H20ClFN4O3S/c1-32(29,30)9-8-25-12-16-4-7-21(31-16)14-2-6-20-17(10-14)22(27-13-26-20)28-15-3-5-19(24)18(23)11-15/h2-7,10-11,13,25H,8-9,12H2,1H3,(H,26,27,28). The van der Waals surface area contributed by atoms with E-state index in [-0.39, 0.29) is 10.8 Å². The van der Waals surface area contributed by atoms with Crippen molar-refractivity contribution in [1.82, 2.24) is 15.3 Å². The fourth-order valence-electron chi connectivity index (χ4n) is 3.12. The van der Waals surface area contributed by atoms with Crippen LogP contribution in [0.15, 0.2) is 59.3 Å². The molecule has 0 bridgehead atoms. The number of fused-ring (bicyclic) bond motifs is 1. The van der Waals surface area contributed by atoms with Crippen molar-refractivity contribution in [2.45, 2.75) is 6.54 Å². The van der Waals surface area contributed by atoms with E-state index in [0.717, 1.165) is 16.5 Å². The molecule has 32 heavy (non-hydrogen) atoms. The number of nitrogens with one attached hydrogen (secondary N) is 2. The van der Waals surface area contributed by atoms with E-state index in [2.05, 4.69) is 20.6 Å². The molecule has 0 saturated carbocycles. The minimum atomic E-state index is -3.01. The van der Waals surface area contributed by atoms with Crippen LogP contribution in [0, 0.1) is 5.82 Å². The monoisotopic (exact) mass is 474 g/mol. The highest BCUT2D eigenvalue weighted by Gasteiger charge is 2.11. The van der Waals surface area contributed by atoms with Crippen LogP contribution in [-0.2, 0) is 16.4 Å². The van der Waals surface area contributed by atoms with E-state index in [4.69, 9.17) is 16.0 Å². The average Bonchev–Trinajstić information content (AvgIpc) is 3.22. The molecule has 0 atom stereocenters. The number of anilines is 2. The van der Waals surface area contributed by atoms with Gasteiger partial charge >= 0.3 is 0 Å². The molecule has 166 valence electrons. The Morgan fingerprint density at radius 3 is 2.72 bits per heavy atom. The average molecular weight is 475 g/mol. The zero-order chi connectivity index (χ0) is 22.7. The molecule has 0 radical (unpaired) electrons. The van der Waals surface area contributed by atoms with Gasteiger partial charge in [0, 0.05) is 29.4 Å². The lowest BCUT2D eigenvalue weighted by Crippen LogP contribution is -2.21. The molecular formula is C22H20ClFN4O3S. The topological polar surface area (TPSA) is 97.1 Å². The molecule has 0 amide bonds. The van der Waals surface area contributed by atoms with Crippen LogP contribution in [0.5, 0.6) is 0 Å². The van der Waals surface area contributed by atoms with E-state index in [1.54, 1.807) is 6.07 Å². The Kier molecular flexibility index (Phi) is 6.40. The van der Waals surface area contributed by atoms with Crippen LogP contribution < -0.4 is 10.6 Å². The summed E-state index contributed by atoms with van der Waals surface area (Å²) in [5, 5.41) is 6.99. The van der Waals surface area contributed by atoms with E-state index < -0.39 is 15.7 Å². The highest BCUT2D eigenvalue weighted by molar-refractivity contribution is 7.90. The molecule has 0 saturated heterocycles. The number of hydrogen-bond donors (Lipinski definition) is 2. The lowest BCUT2D eigenvalue weighted by atomic mass is 10.1. The van der Waals surface area contributed by atoms with Crippen LogP contribution in [0.25, 0.3) is 22.2 Å². The first kappa shape index (κ1) is 22.2. The first-order chi connectivity index (χ1) is 15.3. The maximum atomic E-state index is 13.5. The maximum absolute atomic E-state index is 13.5. The van der Waals surface area contributed by atoms with Crippen LogP contribution >= 0.6 is 11.6 Å². The highest BCUT2D eigenvalue weighted by Crippen LogP contribution is 2.30. The summed E-state index contributed by atoms with van der Waals surface area (Å²) >= 11 is 5.88. The van der Waals surface area contributed by atoms with E-state index in [0.29, 0.717) is 36.1 Å². The smallest absolute Gasteiger partial charge is 0.148 e. The van der Waals surface area contributed by atoms with Gasteiger partial charge in [0.05, 0.1) is 22.8 Å². The van der Waals surface area contributed by atoms with E-state index in [1.807, 2.05) is 30.3 Å². The van der Waals surface area contributed by atoms with Gasteiger partial charge in [0.1, 0.15) is 39.3 Å². The molecular weight excluding hydrogens is 455 g/mol. The molecule has 2 heterocycles. The third-order valence-electron chi connectivity index (χ3n) is 4.71. The number of aromatic nitrogens is 2. The first-order valence-electron chi connectivity index (χ1n) is 9.73. The van der Waals surface area contributed by atoms with Gasteiger partial charge in [-0.2, -0.15) is 0 Å². The van der Waals surface area contributed by atoms with E-state index >= 15 is 0 Å². The largest absolute Gasteiger partial charge is 0.460 e. The molecule has 0 spiro atoms. The molecule has 10 heteroatoms. The normalized spacial score (nSPS) is 11.7. The highest BCUT2D eigenvalue weighted by atomic mass is 35.5. The Labute approximate surface area is 189 Å². The molecule has 0 aliphatic rings. The molecule has 0 aliphatic heterocycles. The molecule has 7 nitrogen and oxygen atoms in total. The SMILES string of the molecule is CS(=O)(=O)CCNCc1ccc(-c2ccc3ncnc(Nc4ccc(F)c(Cl)c4)c3c2)o1. The molecule has 2 aromatic carbocycles. The number of benzene rings is 2. The lowest BCUT2D eigenvalue weighted by Gasteiger charge is -2.10. The van der Waals surface area contributed by atoms with E-state index in [1.165, 1.54) is 24.7 Å². The Morgan fingerprint density at radius 2 is 1.94 bits per heavy atom. The second-order valence-electron chi connectivity index (χ2n) is 7.28. The third kappa shape index (κ3) is 5.42. The molecule has 2 N–H and O–H groups in total. The minimum Gasteiger partial charge on any atom is -0.460 e. The molecule has 0 fully saturated rings. The summed E-state index contributed by atoms with van der Waals surface area (Å²) in [5.41, 5.74) is 2.16. The molecule has 2 aromatic heterocycles. The maximum Gasteiger partial charge on any atom is 0.148 e. The molecule has 0 unspecified atom stereocenters. The van der Waals surface area contributed by atoms with Gasteiger partial charge in [-0.15, -0.1) is 0 Å². The second kappa shape index (κ2) is 9.23. The predicted octanol–water partition coefficient (Wildman–Crippen LogP) is 4.56. The molecule has 0 aliphatic carbocycles. The number of sulfone groups is 1. The van der Waals surface area contributed by atoms with Gasteiger partial charge in [0.2, 0.25) is 0 Å². The summed E-state index contributed by atoms with van der Waals surface area (Å²) in [6, 6.07) is 13.7. The third-order valence-corrected chi connectivity index (χ3v) is 5.95. The minimum absolute atomic E-state index is 0.0160. The van der Waals surface area contributed by atoms with Gasteiger partial charge in [-0.3, -0.25) is 0 Å². The van der Waals surface area contributed by atoms with Gasteiger partial charge in [-0.1, -0.05) is 11.6 Å². The summed E-state index contributed by atoms with van der Waals surface area (Å²) in [5.74, 6) is 1.48. The van der Waals surface area contributed by atoms with Crippen LogP contribution in [0.1, 0.15) is 5.76 Å². The van der Waals surface area contributed by atoms with Crippen molar-refractivity contribution in [1.29, 1.82) is 0 Å². The number of halogens is 2. The molecule has 4 aromatic rings. The lowest BCUT2D eigenvalue weighted by molar-refractivity contribution is 0.498. The van der Waals surface area contributed by atoms with Crippen molar-refractivity contribution in [3.63, 3.8) is 0 Å². The fraction of sp³-hybridized carbons (Fsp3) is 0.182. The summed E-state index contributed by atoms with van der Waals surface area (Å²) in [4.78, 5) is 8.61. The van der Waals surface area contributed by atoms with Crippen LogP contribution in [-0.4, -0.2) is 36.9 Å². The Bertz CT molecular complexity index is 1370. The van der Waals surface area contributed by atoms with Crippen LogP contribution in [0.4, 0.5) is 15.9 Å². The number of rotatable bonds is 8. The van der Waals surface area contributed by atoms with Gasteiger partial charge in [-0.25, -0.2) is 22.8 Å². The Morgan fingerprint density at radius 1 is 1.09 bits per heavy atom. The van der Waals surface area contributed by atoms with Crippen molar-refractivity contribution < 1.29 is 17.2 Å². The zero-order valence-electron chi connectivity index (χ0n) is 17.1. The summed E-state index contributed by atoms with van der Waals surface area (Å²) in [6.07, 6.45) is 2.65. The number of nitrogens with zero attached hydrogens (tertiary/aromatic N) is 2.